The molecule has 21 heavy (non-hydrogen) atoms. The maximum Gasteiger partial charge on any atom is 0.123 e. The molecule has 7 heteroatoms. The first-order chi connectivity index (χ1) is 9.81. The second-order valence-electron chi connectivity index (χ2n) is 4.97. The van der Waals surface area contributed by atoms with Crippen LogP contribution < -0.4 is 4.90 Å². The van der Waals surface area contributed by atoms with Crippen molar-refractivity contribution in [3.8, 4) is 0 Å². The Morgan fingerprint density at radius 3 is 2.33 bits per heavy atom. The zero-order chi connectivity index (χ0) is 13.8. The van der Waals surface area contributed by atoms with Crippen LogP contribution >= 0.6 is 12.4 Å². The van der Waals surface area contributed by atoms with Crippen LogP contribution in [-0.2, 0) is 6.54 Å². The minimum atomic E-state index is -0.180. The molecule has 1 aromatic carbocycles. The molecule has 0 radical (unpaired) electrons. The van der Waals surface area contributed by atoms with Gasteiger partial charge in [0.2, 0.25) is 0 Å². The topological polar surface area (TPSA) is 37.2 Å². The van der Waals surface area contributed by atoms with Gasteiger partial charge in [-0.1, -0.05) is 5.21 Å². The van der Waals surface area contributed by atoms with E-state index in [1.54, 1.807) is 6.20 Å². The van der Waals surface area contributed by atoms with Crippen LogP contribution in [0.25, 0.3) is 0 Å². The molecule has 0 bridgehead atoms. The van der Waals surface area contributed by atoms with Crippen molar-refractivity contribution < 1.29 is 4.39 Å². The summed E-state index contributed by atoms with van der Waals surface area (Å²) in [6, 6.07) is 6.74. The molecule has 1 saturated heterocycles. The molecule has 1 aromatic heterocycles. The average Bonchev–Trinajstić information content (AvgIpc) is 3.00. The van der Waals surface area contributed by atoms with Gasteiger partial charge in [-0.3, -0.25) is 9.58 Å². The van der Waals surface area contributed by atoms with E-state index >= 15 is 0 Å². The van der Waals surface area contributed by atoms with Gasteiger partial charge in [0.15, 0.2) is 0 Å². The third-order valence-electron chi connectivity index (χ3n) is 3.68. The molecule has 5 nitrogen and oxygen atoms in total. The summed E-state index contributed by atoms with van der Waals surface area (Å²) >= 11 is 0. The van der Waals surface area contributed by atoms with Gasteiger partial charge >= 0.3 is 0 Å². The Kier molecular flexibility index (Phi) is 5.52. The Hall–Kier alpha value is -1.66. The number of hydrogen-bond acceptors (Lipinski definition) is 4. The molecular formula is C14H19ClFN5. The molecule has 1 aliphatic heterocycles. The summed E-state index contributed by atoms with van der Waals surface area (Å²) < 4.78 is 14.8. The van der Waals surface area contributed by atoms with Crippen LogP contribution in [-0.4, -0.2) is 52.6 Å². The molecule has 1 fully saturated rings. The van der Waals surface area contributed by atoms with Gasteiger partial charge in [0.05, 0.1) is 12.7 Å². The first-order valence-electron chi connectivity index (χ1n) is 6.88. The number of anilines is 1. The third-order valence-corrected chi connectivity index (χ3v) is 3.68. The van der Waals surface area contributed by atoms with E-state index in [0.717, 1.165) is 45.0 Å². The molecule has 3 rings (SSSR count). The van der Waals surface area contributed by atoms with Crippen LogP contribution in [0.2, 0.25) is 0 Å². The lowest BCUT2D eigenvalue weighted by molar-refractivity contribution is 0.244. The lowest BCUT2D eigenvalue weighted by atomic mass is 10.2. The summed E-state index contributed by atoms with van der Waals surface area (Å²) in [5.41, 5.74) is 1.10. The smallest absolute Gasteiger partial charge is 0.123 e. The van der Waals surface area contributed by atoms with Crippen molar-refractivity contribution in [1.82, 2.24) is 19.9 Å². The van der Waals surface area contributed by atoms with E-state index in [9.17, 15) is 4.39 Å². The van der Waals surface area contributed by atoms with Crippen molar-refractivity contribution in [3.63, 3.8) is 0 Å². The molecule has 0 spiro atoms. The molecule has 0 aliphatic carbocycles. The zero-order valence-corrected chi connectivity index (χ0v) is 12.5. The largest absolute Gasteiger partial charge is 0.369 e. The normalized spacial score (nSPS) is 15.8. The standard InChI is InChI=1S/C14H18FN5.ClH/c15-13-1-3-14(4-2-13)19-10-7-18(8-11-19)9-12-20-6-5-16-17-20;/h1-6H,7-12H2;1H. The molecule has 0 N–H and O–H groups in total. The predicted octanol–water partition coefficient (Wildman–Crippen LogP) is 1.66. The number of piperazine rings is 1. The van der Waals surface area contributed by atoms with Gasteiger partial charge in [0, 0.05) is 44.6 Å². The van der Waals surface area contributed by atoms with Crippen molar-refractivity contribution in [2.45, 2.75) is 6.54 Å². The summed E-state index contributed by atoms with van der Waals surface area (Å²) in [7, 11) is 0. The average molecular weight is 312 g/mol. The van der Waals surface area contributed by atoms with Crippen LogP contribution in [0.5, 0.6) is 0 Å². The van der Waals surface area contributed by atoms with Crippen molar-refractivity contribution in [1.29, 1.82) is 0 Å². The molecule has 0 saturated carbocycles. The highest BCUT2D eigenvalue weighted by molar-refractivity contribution is 5.85. The van der Waals surface area contributed by atoms with Crippen LogP contribution in [0.1, 0.15) is 0 Å². The second kappa shape index (κ2) is 7.38. The van der Waals surface area contributed by atoms with Crippen LogP contribution in [0.4, 0.5) is 10.1 Å². The lowest BCUT2D eigenvalue weighted by Crippen LogP contribution is -2.47. The Morgan fingerprint density at radius 2 is 1.71 bits per heavy atom. The van der Waals surface area contributed by atoms with E-state index < -0.39 is 0 Å². The fraction of sp³-hybridized carbons (Fsp3) is 0.429. The van der Waals surface area contributed by atoms with E-state index in [4.69, 9.17) is 0 Å². The predicted molar refractivity (Wildman–Crippen MR) is 82.3 cm³/mol. The summed E-state index contributed by atoms with van der Waals surface area (Å²) in [4.78, 5) is 4.72. The SMILES string of the molecule is Cl.Fc1ccc(N2CCN(CCn3ccnn3)CC2)cc1. The highest BCUT2D eigenvalue weighted by atomic mass is 35.5. The molecule has 2 aromatic rings. The summed E-state index contributed by atoms with van der Waals surface area (Å²) in [6.07, 6.45) is 3.58. The molecule has 1 aliphatic rings. The fourth-order valence-electron chi connectivity index (χ4n) is 2.48. The Balaban J connectivity index is 0.00000161. The van der Waals surface area contributed by atoms with Crippen molar-refractivity contribution in [3.05, 3.63) is 42.5 Å². The van der Waals surface area contributed by atoms with Crippen molar-refractivity contribution >= 4 is 18.1 Å². The van der Waals surface area contributed by atoms with Gasteiger partial charge < -0.3 is 4.90 Å². The minimum Gasteiger partial charge on any atom is -0.369 e. The van der Waals surface area contributed by atoms with E-state index in [1.807, 2.05) is 23.0 Å². The summed E-state index contributed by atoms with van der Waals surface area (Å²) in [6.45, 7) is 5.85. The molecule has 114 valence electrons. The first kappa shape index (κ1) is 15.7. The van der Waals surface area contributed by atoms with Gasteiger partial charge in [-0.15, -0.1) is 17.5 Å². The van der Waals surface area contributed by atoms with Gasteiger partial charge in [-0.2, -0.15) is 0 Å². The maximum absolute atomic E-state index is 12.9. The van der Waals surface area contributed by atoms with Crippen molar-refractivity contribution in [2.75, 3.05) is 37.6 Å². The molecule has 0 unspecified atom stereocenters. The molecule has 0 amide bonds. The maximum atomic E-state index is 12.9. The van der Waals surface area contributed by atoms with Crippen LogP contribution in [0.3, 0.4) is 0 Å². The second-order valence-corrected chi connectivity index (χ2v) is 4.97. The number of rotatable bonds is 4. The van der Waals surface area contributed by atoms with E-state index in [2.05, 4.69) is 20.1 Å². The van der Waals surface area contributed by atoms with Gasteiger partial charge in [0.1, 0.15) is 5.82 Å². The van der Waals surface area contributed by atoms with E-state index in [0.29, 0.717) is 0 Å². The number of nitrogens with zero attached hydrogens (tertiary/aromatic N) is 5. The molecule has 2 heterocycles. The number of benzene rings is 1. The monoisotopic (exact) mass is 311 g/mol. The van der Waals surface area contributed by atoms with Crippen molar-refractivity contribution in [2.24, 2.45) is 0 Å². The Morgan fingerprint density at radius 1 is 1.00 bits per heavy atom. The number of hydrogen-bond donors (Lipinski definition) is 0. The fourth-order valence-corrected chi connectivity index (χ4v) is 2.48. The first-order valence-corrected chi connectivity index (χ1v) is 6.88. The van der Waals surface area contributed by atoms with Gasteiger partial charge in [-0.05, 0) is 24.3 Å². The number of halogens is 2. The zero-order valence-electron chi connectivity index (χ0n) is 11.7. The Bertz CT molecular complexity index is 523. The highest BCUT2D eigenvalue weighted by Crippen LogP contribution is 2.16. The van der Waals surface area contributed by atoms with Crippen LogP contribution in [0.15, 0.2) is 36.7 Å². The third kappa shape index (κ3) is 4.15. The van der Waals surface area contributed by atoms with Crippen LogP contribution in [0, 0.1) is 5.82 Å². The minimum absolute atomic E-state index is 0. The lowest BCUT2D eigenvalue weighted by Gasteiger charge is -2.36. The van der Waals surface area contributed by atoms with Gasteiger partial charge in [0.25, 0.3) is 0 Å². The van der Waals surface area contributed by atoms with E-state index in [-0.39, 0.29) is 18.2 Å². The summed E-state index contributed by atoms with van der Waals surface area (Å²) in [5.74, 6) is -0.180. The highest BCUT2D eigenvalue weighted by Gasteiger charge is 2.16. The van der Waals surface area contributed by atoms with Gasteiger partial charge in [-0.25, -0.2) is 4.39 Å². The molecular weight excluding hydrogens is 293 g/mol. The van der Waals surface area contributed by atoms with E-state index in [1.165, 1.54) is 12.1 Å². The number of aromatic nitrogens is 3. The quantitative estimate of drug-likeness (QED) is 0.860. The Labute approximate surface area is 129 Å². The summed E-state index contributed by atoms with van der Waals surface area (Å²) in [5, 5.41) is 7.77. The molecule has 0 atom stereocenters.